The number of hydrogen-bond acceptors (Lipinski definition) is 10. The van der Waals surface area contributed by atoms with E-state index in [4.69, 9.17) is 23.3 Å². The molecule has 3 aliphatic rings. The second kappa shape index (κ2) is 13.0. The topological polar surface area (TPSA) is 182 Å². The number of benzene rings is 1. The summed E-state index contributed by atoms with van der Waals surface area (Å²) in [6.07, 6.45) is -2.05. The van der Waals surface area contributed by atoms with Gasteiger partial charge in [0.1, 0.15) is 22.3 Å². The van der Waals surface area contributed by atoms with E-state index in [1.807, 2.05) is 0 Å². The van der Waals surface area contributed by atoms with Crippen molar-refractivity contribution >= 4 is 57.5 Å². The molecule has 1 aromatic carbocycles. The molecule has 7 atom stereocenters. The summed E-state index contributed by atoms with van der Waals surface area (Å²) in [7, 11) is -1.62. The van der Waals surface area contributed by atoms with Gasteiger partial charge in [-0.25, -0.2) is 9.36 Å². The van der Waals surface area contributed by atoms with Gasteiger partial charge in [0, 0.05) is 29.5 Å². The molecule has 3 aliphatic heterocycles. The number of alkyl halides is 1. The highest BCUT2D eigenvalue weighted by Gasteiger charge is 2.55. The van der Waals surface area contributed by atoms with Crippen molar-refractivity contribution in [3.8, 4) is 5.75 Å². The number of esters is 1. The van der Waals surface area contributed by atoms with Crippen LogP contribution in [0.15, 0.2) is 33.9 Å². The third-order valence-corrected chi connectivity index (χ3v) is 10.3. The maximum absolute atomic E-state index is 14.3. The molecule has 41 heavy (non-hydrogen) atoms. The fourth-order valence-electron chi connectivity index (χ4n) is 4.97. The van der Waals surface area contributed by atoms with E-state index in [0.717, 1.165) is 4.47 Å². The smallest absolute Gasteiger partial charge is 0.462 e. The van der Waals surface area contributed by atoms with E-state index in [-0.39, 0.29) is 25.3 Å². The molecule has 4 rings (SSSR count). The Morgan fingerprint density at radius 2 is 2.02 bits per heavy atom. The highest BCUT2D eigenvalue weighted by atomic mass is 79.9. The number of hydrogen-bond donors (Lipinski definition) is 1. The van der Waals surface area contributed by atoms with E-state index < -0.39 is 60.6 Å². The Morgan fingerprint density at radius 1 is 1.32 bits per heavy atom. The molecule has 3 amide bonds. The van der Waals surface area contributed by atoms with Crippen LogP contribution in [0.4, 0.5) is 4.79 Å². The summed E-state index contributed by atoms with van der Waals surface area (Å²) < 4.78 is 43.4. The van der Waals surface area contributed by atoms with Gasteiger partial charge in [0.05, 0.1) is 25.9 Å². The average molecular weight is 724 g/mol. The van der Waals surface area contributed by atoms with Crippen LogP contribution < -0.4 is 9.84 Å². The molecule has 15 nitrogen and oxygen atoms in total. The molecule has 3 heterocycles. The largest absolute Gasteiger partial charge is 0.468 e. The molecular formula is C23H29Br2N6O9P. The Balaban J connectivity index is 1.58. The molecule has 3 fully saturated rings. The molecule has 18 heteroatoms. The number of azide groups is 1. The minimum absolute atomic E-state index is 0.0367. The number of imide groups is 1. The van der Waals surface area contributed by atoms with Gasteiger partial charge in [0.15, 0.2) is 6.23 Å². The summed E-state index contributed by atoms with van der Waals surface area (Å²) in [5.74, 6) is -0.936. The van der Waals surface area contributed by atoms with E-state index >= 15 is 0 Å². The van der Waals surface area contributed by atoms with Crippen molar-refractivity contribution in [2.45, 2.75) is 61.2 Å². The van der Waals surface area contributed by atoms with Crippen LogP contribution in [0.3, 0.4) is 0 Å². The summed E-state index contributed by atoms with van der Waals surface area (Å²) in [5, 5.41) is 6.06. The summed E-state index contributed by atoms with van der Waals surface area (Å²) in [6.45, 7) is 1.40. The molecule has 1 aromatic rings. The van der Waals surface area contributed by atoms with Gasteiger partial charge in [0.2, 0.25) is 5.91 Å². The van der Waals surface area contributed by atoms with Gasteiger partial charge < -0.3 is 18.7 Å². The predicted molar refractivity (Wildman–Crippen MR) is 150 cm³/mol. The lowest BCUT2D eigenvalue weighted by Gasteiger charge is -2.44. The number of ether oxygens (including phenoxy) is 3. The number of rotatable bonds is 10. The standard InChI is InChI=1S/C23H29Br2N6O9P/c1-23(25)20(33)27-22(34)31(21(23)37-3)18-11-15(28-29-26)17(39-18)12-38-41(35,40-14-8-6-13(24)7-9-14)30-10-4-5-16(30)19(32)36-2/h6-9,15-18,21H,4-5,10-12H2,1-3H3,(H,27,33,34)/t15-,16-,17+,18+,21?,23?,41?/m0/s1. The van der Waals surface area contributed by atoms with E-state index in [9.17, 15) is 24.5 Å². The predicted octanol–water partition coefficient (Wildman–Crippen LogP) is 4.06. The van der Waals surface area contributed by atoms with Gasteiger partial charge in [-0.15, -0.1) is 0 Å². The molecule has 3 unspecified atom stereocenters. The fraction of sp³-hybridized carbons (Fsp3) is 0.609. The van der Waals surface area contributed by atoms with Crippen LogP contribution >= 0.6 is 39.6 Å². The molecular weight excluding hydrogens is 695 g/mol. The zero-order chi connectivity index (χ0) is 29.9. The van der Waals surface area contributed by atoms with Crippen molar-refractivity contribution < 1.29 is 42.2 Å². The van der Waals surface area contributed by atoms with Crippen LogP contribution in [-0.2, 0) is 32.9 Å². The number of nitrogens with one attached hydrogen (secondary N) is 1. The molecule has 0 bridgehead atoms. The summed E-state index contributed by atoms with van der Waals surface area (Å²) in [4.78, 5) is 41.8. The minimum Gasteiger partial charge on any atom is -0.468 e. The summed E-state index contributed by atoms with van der Waals surface area (Å²) >= 11 is 6.66. The molecule has 0 radical (unpaired) electrons. The Bertz CT molecular complexity index is 1260. The van der Waals surface area contributed by atoms with E-state index in [0.29, 0.717) is 12.8 Å². The van der Waals surface area contributed by atoms with Crippen LogP contribution in [-0.4, -0.2) is 89.8 Å². The van der Waals surface area contributed by atoms with Crippen LogP contribution in [0.5, 0.6) is 5.75 Å². The van der Waals surface area contributed by atoms with Crippen LogP contribution in [0, 0.1) is 0 Å². The van der Waals surface area contributed by atoms with Crippen LogP contribution in [0.2, 0.25) is 0 Å². The Hall–Kier alpha value is -2.23. The Kier molecular flexibility index (Phi) is 10.0. The zero-order valence-corrected chi connectivity index (χ0v) is 26.4. The lowest BCUT2D eigenvalue weighted by atomic mass is 10.0. The van der Waals surface area contributed by atoms with E-state index in [1.165, 1.54) is 23.8 Å². The number of carbonyl (C=O) groups is 3. The highest BCUT2D eigenvalue weighted by Crippen LogP contribution is 2.56. The van der Waals surface area contributed by atoms with Crippen molar-refractivity contribution in [3.05, 3.63) is 39.2 Å². The van der Waals surface area contributed by atoms with Gasteiger partial charge in [0.25, 0.3) is 0 Å². The summed E-state index contributed by atoms with van der Waals surface area (Å²) in [6, 6.07) is 4.11. The van der Waals surface area contributed by atoms with Crippen molar-refractivity contribution in [1.29, 1.82) is 0 Å². The normalized spacial score (nSPS) is 31.7. The van der Waals surface area contributed by atoms with E-state index in [1.54, 1.807) is 31.2 Å². The first-order valence-electron chi connectivity index (χ1n) is 12.5. The number of methoxy groups -OCH3 is 2. The van der Waals surface area contributed by atoms with Gasteiger partial charge in [-0.05, 0) is 49.6 Å². The SMILES string of the molecule is COC(=O)[C@@H]1CCCN1P(=O)(OC[C@H]1O[C@@H](N2C(=O)NC(=O)C(C)(Br)C2OC)C[C@@H]1N=[N+]=[N-])Oc1ccc(Br)cc1. The minimum atomic E-state index is -4.20. The van der Waals surface area contributed by atoms with E-state index in [2.05, 4.69) is 47.2 Å². The number of amides is 3. The van der Waals surface area contributed by atoms with Gasteiger partial charge in [-0.3, -0.25) is 24.3 Å². The molecule has 1 N–H and O–H groups in total. The molecule has 0 spiro atoms. The number of halogens is 2. The van der Waals surface area contributed by atoms with Crippen LogP contribution in [0.1, 0.15) is 26.2 Å². The first kappa shape index (κ1) is 31.7. The Morgan fingerprint density at radius 3 is 2.66 bits per heavy atom. The maximum atomic E-state index is 14.3. The molecule has 0 aromatic heterocycles. The number of carbonyl (C=O) groups excluding carboxylic acids is 3. The first-order chi connectivity index (χ1) is 19.4. The Labute approximate surface area is 252 Å². The molecule has 224 valence electrons. The monoisotopic (exact) mass is 722 g/mol. The van der Waals surface area contributed by atoms with Crippen molar-refractivity contribution in [1.82, 2.24) is 14.9 Å². The molecule has 3 saturated heterocycles. The van der Waals surface area contributed by atoms with Gasteiger partial charge in [-0.1, -0.05) is 37.0 Å². The van der Waals surface area contributed by atoms with Crippen molar-refractivity contribution in [2.75, 3.05) is 27.4 Å². The third kappa shape index (κ3) is 6.57. The average Bonchev–Trinajstić information content (AvgIpc) is 3.59. The zero-order valence-electron chi connectivity index (χ0n) is 22.3. The lowest BCUT2D eigenvalue weighted by Crippen LogP contribution is -2.69. The second-order valence-electron chi connectivity index (χ2n) is 9.62. The van der Waals surface area contributed by atoms with Crippen molar-refractivity contribution in [2.24, 2.45) is 5.11 Å². The second-order valence-corrected chi connectivity index (χ2v) is 14.1. The van der Waals surface area contributed by atoms with Crippen molar-refractivity contribution in [3.63, 3.8) is 0 Å². The summed E-state index contributed by atoms with van der Waals surface area (Å²) in [5.41, 5.74) is 9.20. The fourth-order valence-corrected chi connectivity index (χ4v) is 7.71. The van der Waals surface area contributed by atoms with Crippen LogP contribution in [0.25, 0.3) is 10.4 Å². The molecule has 0 aliphatic carbocycles. The third-order valence-electron chi connectivity index (χ3n) is 7.00. The first-order valence-corrected chi connectivity index (χ1v) is 15.6. The van der Waals surface area contributed by atoms with Gasteiger partial charge in [-0.2, -0.15) is 4.67 Å². The molecule has 0 saturated carbocycles. The lowest BCUT2D eigenvalue weighted by molar-refractivity contribution is -0.152. The maximum Gasteiger partial charge on any atom is 0.462 e. The highest BCUT2D eigenvalue weighted by molar-refractivity contribution is 9.10. The van der Waals surface area contributed by atoms with Gasteiger partial charge >= 0.3 is 19.7 Å². The number of urea groups is 1. The number of nitrogens with zero attached hydrogens (tertiary/aromatic N) is 5. The quantitative estimate of drug-likeness (QED) is 0.0923.